The minimum absolute atomic E-state index is 0. The number of carbonyl (C=O) groups is 1. The van der Waals surface area contributed by atoms with Gasteiger partial charge in [-0.25, -0.2) is 0 Å². The Kier molecular flexibility index (Phi) is 8.40. The Balaban J connectivity index is 0. The zero-order chi connectivity index (χ0) is 7.28. The first-order valence-electron chi connectivity index (χ1n) is 2.75. The standard InChI is InChI=1S/C5H11NO3.ClH/c1-2-9-5(8)4(6)3-7;/h4,7H,2-3,6H2,1H3;1H. The van der Waals surface area contributed by atoms with Gasteiger partial charge >= 0.3 is 5.97 Å². The molecule has 0 aliphatic carbocycles. The van der Waals surface area contributed by atoms with Gasteiger partial charge in [-0.2, -0.15) is 0 Å². The second-order valence-electron chi connectivity index (χ2n) is 1.54. The molecule has 0 saturated heterocycles. The van der Waals surface area contributed by atoms with Crippen molar-refractivity contribution in [3.05, 3.63) is 0 Å². The van der Waals surface area contributed by atoms with E-state index in [1.807, 2.05) is 0 Å². The molecule has 10 heavy (non-hydrogen) atoms. The van der Waals surface area contributed by atoms with E-state index in [9.17, 15) is 4.79 Å². The van der Waals surface area contributed by atoms with Gasteiger partial charge in [-0.3, -0.25) is 4.79 Å². The quantitative estimate of drug-likeness (QED) is 0.548. The van der Waals surface area contributed by atoms with Crippen LogP contribution in [0.4, 0.5) is 0 Å². The summed E-state index contributed by atoms with van der Waals surface area (Å²) in [5.74, 6) is -0.556. The van der Waals surface area contributed by atoms with Crippen molar-refractivity contribution >= 4 is 18.4 Å². The molecule has 0 aliphatic heterocycles. The molecule has 4 nitrogen and oxygen atoms in total. The van der Waals surface area contributed by atoms with Gasteiger partial charge in [-0.15, -0.1) is 12.4 Å². The molecule has 0 fully saturated rings. The summed E-state index contributed by atoms with van der Waals surface area (Å²) in [7, 11) is 0. The molecule has 0 aromatic rings. The van der Waals surface area contributed by atoms with Crippen molar-refractivity contribution in [1.82, 2.24) is 0 Å². The monoisotopic (exact) mass is 169 g/mol. The minimum Gasteiger partial charge on any atom is -0.465 e. The van der Waals surface area contributed by atoms with Crippen LogP contribution in [0.3, 0.4) is 0 Å². The summed E-state index contributed by atoms with van der Waals surface area (Å²) >= 11 is 0. The largest absolute Gasteiger partial charge is 0.465 e. The van der Waals surface area contributed by atoms with Crippen LogP contribution in [0, 0.1) is 0 Å². The second kappa shape index (κ2) is 6.80. The lowest BCUT2D eigenvalue weighted by Crippen LogP contribution is -2.35. The van der Waals surface area contributed by atoms with Crippen LogP contribution in [0.25, 0.3) is 0 Å². The molecule has 5 heteroatoms. The Morgan fingerprint density at radius 3 is 2.60 bits per heavy atom. The highest BCUT2D eigenvalue weighted by molar-refractivity contribution is 5.85. The zero-order valence-electron chi connectivity index (χ0n) is 5.74. The number of hydrogen-bond acceptors (Lipinski definition) is 4. The van der Waals surface area contributed by atoms with Crippen molar-refractivity contribution < 1.29 is 14.6 Å². The van der Waals surface area contributed by atoms with Crippen LogP contribution in [0.2, 0.25) is 0 Å². The Bertz CT molecular complexity index is 98.9. The SMILES string of the molecule is CCOC(=O)C(N)CO.Cl. The van der Waals surface area contributed by atoms with Crippen LogP contribution in [0.5, 0.6) is 0 Å². The molecule has 0 radical (unpaired) electrons. The molecule has 0 spiro atoms. The normalized spacial score (nSPS) is 11.5. The first-order valence-corrected chi connectivity index (χ1v) is 2.75. The lowest BCUT2D eigenvalue weighted by Gasteiger charge is -2.05. The lowest BCUT2D eigenvalue weighted by atomic mass is 10.3. The number of rotatable bonds is 3. The number of esters is 1. The Hall–Kier alpha value is -0.320. The van der Waals surface area contributed by atoms with Crippen molar-refractivity contribution in [3.8, 4) is 0 Å². The average Bonchev–Trinajstić information content (AvgIpc) is 1.87. The molecular weight excluding hydrogens is 158 g/mol. The number of hydrogen-bond donors (Lipinski definition) is 2. The molecular formula is C5H12ClNO3. The molecule has 0 saturated carbocycles. The summed E-state index contributed by atoms with van der Waals surface area (Å²) in [5.41, 5.74) is 5.08. The van der Waals surface area contributed by atoms with Crippen molar-refractivity contribution in [2.24, 2.45) is 5.73 Å². The van der Waals surface area contributed by atoms with Crippen molar-refractivity contribution in [2.45, 2.75) is 13.0 Å². The average molecular weight is 170 g/mol. The third-order valence-electron chi connectivity index (χ3n) is 0.786. The third-order valence-corrected chi connectivity index (χ3v) is 0.786. The number of nitrogens with two attached hydrogens (primary N) is 1. The van der Waals surface area contributed by atoms with Crippen LogP contribution in [-0.4, -0.2) is 30.3 Å². The number of carbonyl (C=O) groups excluding carboxylic acids is 1. The highest BCUT2D eigenvalue weighted by Crippen LogP contribution is 1.82. The van der Waals surface area contributed by atoms with Gasteiger partial charge in [-0.05, 0) is 6.92 Å². The molecule has 0 aliphatic rings. The van der Waals surface area contributed by atoms with E-state index in [1.54, 1.807) is 6.92 Å². The third kappa shape index (κ3) is 4.55. The van der Waals surface area contributed by atoms with Crippen LogP contribution in [-0.2, 0) is 9.53 Å². The van der Waals surface area contributed by atoms with Gasteiger partial charge in [-0.1, -0.05) is 0 Å². The van der Waals surface area contributed by atoms with Gasteiger partial charge < -0.3 is 15.6 Å². The van der Waals surface area contributed by atoms with Crippen LogP contribution in [0.15, 0.2) is 0 Å². The van der Waals surface area contributed by atoms with E-state index < -0.39 is 12.0 Å². The van der Waals surface area contributed by atoms with E-state index in [0.29, 0.717) is 6.61 Å². The van der Waals surface area contributed by atoms with E-state index in [4.69, 9.17) is 10.8 Å². The fourth-order valence-corrected chi connectivity index (χ4v) is 0.324. The van der Waals surface area contributed by atoms with E-state index in [0.717, 1.165) is 0 Å². The van der Waals surface area contributed by atoms with Crippen molar-refractivity contribution in [1.29, 1.82) is 0 Å². The fourth-order valence-electron chi connectivity index (χ4n) is 0.324. The van der Waals surface area contributed by atoms with Gasteiger partial charge in [0.2, 0.25) is 0 Å². The van der Waals surface area contributed by atoms with Gasteiger partial charge in [0.25, 0.3) is 0 Å². The summed E-state index contributed by atoms with van der Waals surface area (Å²) in [5, 5.41) is 8.31. The van der Waals surface area contributed by atoms with E-state index in [1.165, 1.54) is 0 Å². The molecule has 62 valence electrons. The van der Waals surface area contributed by atoms with Crippen LogP contribution < -0.4 is 5.73 Å². The maximum atomic E-state index is 10.5. The molecule has 3 N–H and O–H groups in total. The smallest absolute Gasteiger partial charge is 0.325 e. The zero-order valence-corrected chi connectivity index (χ0v) is 6.56. The topological polar surface area (TPSA) is 72.5 Å². The van der Waals surface area contributed by atoms with E-state index in [-0.39, 0.29) is 19.0 Å². The number of aliphatic hydroxyl groups excluding tert-OH is 1. The number of aliphatic hydroxyl groups is 1. The maximum absolute atomic E-state index is 10.5. The summed E-state index contributed by atoms with van der Waals surface area (Å²) in [4.78, 5) is 10.5. The molecule has 0 amide bonds. The summed E-state index contributed by atoms with van der Waals surface area (Å²) < 4.78 is 4.47. The highest BCUT2D eigenvalue weighted by Gasteiger charge is 2.11. The van der Waals surface area contributed by atoms with Crippen molar-refractivity contribution in [3.63, 3.8) is 0 Å². The Labute approximate surface area is 65.8 Å². The summed E-state index contributed by atoms with van der Waals surface area (Å²) in [6.45, 7) is 1.62. The summed E-state index contributed by atoms with van der Waals surface area (Å²) in [6.07, 6.45) is 0. The molecule has 1 atom stereocenters. The predicted octanol–water partition coefficient (Wildman–Crippen LogP) is -0.709. The molecule has 0 aromatic heterocycles. The predicted molar refractivity (Wildman–Crippen MR) is 38.9 cm³/mol. The minimum atomic E-state index is -0.884. The Morgan fingerprint density at radius 2 is 2.30 bits per heavy atom. The van der Waals surface area contributed by atoms with Crippen LogP contribution >= 0.6 is 12.4 Å². The van der Waals surface area contributed by atoms with E-state index >= 15 is 0 Å². The van der Waals surface area contributed by atoms with Gasteiger partial charge in [0.1, 0.15) is 6.04 Å². The van der Waals surface area contributed by atoms with Crippen molar-refractivity contribution in [2.75, 3.05) is 13.2 Å². The maximum Gasteiger partial charge on any atom is 0.325 e. The first-order chi connectivity index (χ1) is 4.22. The molecule has 1 unspecified atom stereocenters. The highest BCUT2D eigenvalue weighted by atomic mass is 35.5. The van der Waals surface area contributed by atoms with E-state index in [2.05, 4.69) is 4.74 Å². The van der Waals surface area contributed by atoms with Crippen LogP contribution in [0.1, 0.15) is 6.92 Å². The molecule has 0 aromatic carbocycles. The number of ether oxygens (including phenoxy) is 1. The Morgan fingerprint density at radius 1 is 1.80 bits per heavy atom. The van der Waals surface area contributed by atoms with Gasteiger partial charge in [0, 0.05) is 0 Å². The second-order valence-corrected chi connectivity index (χ2v) is 1.54. The molecule has 0 heterocycles. The fraction of sp³-hybridized carbons (Fsp3) is 0.800. The molecule has 0 rings (SSSR count). The van der Waals surface area contributed by atoms with Gasteiger partial charge in [0.15, 0.2) is 0 Å². The summed E-state index contributed by atoms with van der Waals surface area (Å²) in [6, 6.07) is -0.884. The van der Waals surface area contributed by atoms with Gasteiger partial charge in [0.05, 0.1) is 13.2 Å². The lowest BCUT2D eigenvalue weighted by molar-refractivity contribution is -0.145. The number of halogens is 1. The first kappa shape index (κ1) is 12.4. The molecule has 0 bridgehead atoms.